The van der Waals surface area contributed by atoms with E-state index in [0.29, 0.717) is 6.42 Å². The molecule has 1 aromatic heterocycles. The summed E-state index contributed by atoms with van der Waals surface area (Å²) in [5, 5.41) is 9.47. The number of aromatic nitrogens is 2. The number of hydrogen-bond acceptors (Lipinski definition) is 3. The first kappa shape index (κ1) is 9.61. The van der Waals surface area contributed by atoms with Crippen molar-refractivity contribution >= 4 is 11.8 Å². The molecule has 12 heavy (non-hydrogen) atoms. The zero-order valence-electron chi connectivity index (χ0n) is 7.40. The van der Waals surface area contributed by atoms with Crippen molar-refractivity contribution in [2.24, 2.45) is 7.05 Å². The number of thioether (sulfide) groups is 1. The molecule has 1 atom stereocenters. The van der Waals surface area contributed by atoms with Crippen LogP contribution in [-0.4, -0.2) is 32.8 Å². The third kappa shape index (κ3) is 2.53. The number of aryl methyl sites for hydroxylation is 1. The fourth-order valence-corrected chi connectivity index (χ4v) is 1.56. The molecule has 0 saturated carbocycles. The van der Waals surface area contributed by atoms with E-state index in [2.05, 4.69) is 4.98 Å². The maximum atomic E-state index is 9.47. The quantitative estimate of drug-likeness (QED) is 0.751. The van der Waals surface area contributed by atoms with E-state index in [9.17, 15) is 5.11 Å². The van der Waals surface area contributed by atoms with Crippen LogP contribution in [0.4, 0.5) is 0 Å². The number of rotatable bonds is 4. The molecular weight excluding hydrogens is 172 g/mol. The van der Waals surface area contributed by atoms with Crippen molar-refractivity contribution in [1.82, 2.24) is 9.55 Å². The SMILES string of the molecule is CSCC(O)Cc1nccn1C. The van der Waals surface area contributed by atoms with E-state index in [1.165, 1.54) is 0 Å². The molecule has 1 aromatic rings. The molecule has 0 aliphatic rings. The smallest absolute Gasteiger partial charge is 0.110 e. The van der Waals surface area contributed by atoms with Crippen molar-refractivity contribution in [3.05, 3.63) is 18.2 Å². The molecule has 0 bridgehead atoms. The summed E-state index contributed by atoms with van der Waals surface area (Å²) < 4.78 is 1.93. The zero-order valence-corrected chi connectivity index (χ0v) is 8.21. The fraction of sp³-hybridized carbons (Fsp3) is 0.625. The van der Waals surface area contributed by atoms with E-state index in [-0.39, 0.29) is 6.10 Å². The molecule has 68 valence electrons. The minimum absolute atomic E-state index is 0.277. The van der Waals surface area contributed by atoms with Crippen molar-refractivity contribution in [2.45, 2.75) is 12.5 Å². The highest BCUT2D eigenvalue weighted by Crippen LogP contribution is 2.04. The van der Waals surface area contributed by atoms with E-state index < -0.39 is 0 Å². The second-order valence-corrected chi connectivity index (χ2v) is 3.68. The van der Waals surface area contributed by atoms with E-state index >= 15 is 0 Å². The molecule has 1 heterocycles. The van der Waals surface area contributed by atoms with Crippen LogP contribution in [0.15, 0.2) is 12.4 Å². The van der Waals surface area contributed by atoms with Gasteiger partial charge in [0.15, 0.2) is 0 Å². The normalized spacial score (nSPS) is 13.2. The average Bonchev–Trinajstić information content (AvgIpc) is 2.37. The highest BCUT2D eigenvalue weighted by molar-refractivity contribution is 7.98. The minimum atomic E-state index is -0.277. The standard InChI is InChI=1S/C8H14N2OS/c1-10-4-3-9-8(10)5-7(11)6-12-2/h3-4,7,11H,5-6H2,1-2H3. The van der Waals surface area contributed by atoms with Gasteiger partial charge in [-0.05, 0) is 6.26 Å². The molecule has 4 heteroatoms. The predicted octanol–water partition coefficient (Wildman–Crippen LogP) is 0.686. The van der Waals surface area contributed by atoms with Crippen LogP contribution >= 0.6 is 11.8 Å². The van der Waals surface area contributed by atoms with Gasteiger partial charge < -0.3 is 9.67 Å². The topological polar surface area (TPSA) is 38.1 Å². The molecule has 0 amide bonds. The van der Waals surface area contributed by atoms with Gasteiger partial charge in [0.2, 0.25) is 0 Å². The molecule has 0 aliphatic heterocycles. The zero-order chi connectivity index (χ0) is 8.97. The van der Waals surface area contributed by atoms with Crippen LogP contribution in [-0.2, 0) is 13.5 Å². The molecule has 1 rings (SSSR count). The summed E-state index contributed by atoms with van der Waals surface area (Å²) in [4.78, 5) is 4.13. The number of hydrogen-bond donors (Lipinski definition) is 1. The third-order valence-electron chi connectivity index (χ3n) is 1.70. The molecule has 3 nitrogen and oxygen atoms in total. The Kier molecular flexibility index (Phi) is 3.62. The highest BCUT2D eigenvalue weighted by Gasteiger charge is 2.07. The van der Waals surface area contributed by atoms with Gasteiger partial charge in [-0.25, -0.2) is 4.98 Å². The van der Waals surface area contributed by atoms with Crippen LogP contribution < -0.4 is 0 Å². The summed E-state index contributed by atoms with van der Waals surface area (Å²) in [5.74, 6) is 1.71. The van der Waals surface area contributed by atoms with Gasteiger partial charge in [-0.3, -0.25) is 0 Å². The van der Waals surface area contributed by atoms with Gasteiger partial charge in [0.05, 0.1) is 6.10 Å². The summed E-state index contributed by atoms with van der Waals surface area (Å²) in [6.07, 6.45) is 6.00. The molecule has 1 unspecified atom stereocenters. The number of nitrogens with zero attached hydrogens (tertiary/aromatic N) is 2. The lowest BCUT2D eigenvalue weighted by molar-refractivity contribution is 0.196. The fourth-order valence-electron chi connectivity index (χ4n) is 1.06. The first-order valence-corrected chi connectivity index (χ1v) is 5.26. The van der Waals surface area contributed by atoms with Crippen molar-refractivity contribution in [1.29, 1.82) is 0 Å². The Hall–Kier alpha value is -0.480. The Morgan fingerprint density at radius 2 is 2.50 bits per heavy atom. The second-order valence-electron chi connectivity index (χ2n) is 2.77. The van der Waals surface area contributed by atoms with Gasteiger partial charge >= 0.3 is 0 Å². The Bertz CT molecular complexity index is 237. The van der Waals surface area contributed by atoms with Crippen LogP contribution in [0.5, 0.6) is 0 Å². The average molecular weight is 186 g/mol. The minimum Gasteiger partial charge on any atom is -0.392 e. The van der Waals surface area contributed by atoms with E-state index in [1.54, 1.807) is 18.0 Å². The van der Waals surface area contributed by atoms with Crippen LogP contribution in [0.2, 0.25) is 0 Å². The molecule has 0 aliphatic carbocycles. The lowest BCUT2D eigenvalue weighted by atomic mass is 10.3. The van der Waals surface area contributed by atoms with Crippen molar-refractivity contribution in [2.75, 3.05) is 12.0 Å². The van der Waals surface area contributed by atoms with Crippen molar-refractivity contribution in [3.63, 3.8) is 0 Å². The maximum Gasteiger partial charge on any atom is 0.110 e. The van der Waals surface area contributed by atoms with Crippen LogP contribution in [0.3, 0.4) is 0 Å². The molecule has 0 radical (unpaired) electrons. The molecule has 1 N–H and O–H groups in total. The molecule has 0 fully saturated rings. The summed E-state index contributed by atoms with van der Waals surface area (Å²) in [6.45, 7) is 0. The molecule has 0 spiro atoms. The monoisotopic (exact) mass is 186 g/mol. The lowest BCUT2D eigenvalue weighted by Gasteiger charge is -2.07. The largest absolute Gasteiger partial charge is 0.392 e. The Morgan fingerprint density at radius 3 is 3.00 bits per heavy atom. The number of aliphatic hydroxyl groups excluding tert-OH is 1. The van der Waals surface area contributed by atoms with E-state index in [4.69, 9.17) is 0 Å². The van der Waals surface area contributed by atoms with Crippen LogP contribution in [0, 0.1) is 0 Å². The Morgan fingerprint density at radius 1 is 1.75 bits per heavy atom. The Labute approximate surface area is 76.8 Å². The number of imidazole rings is 1. The maximum absolute atomic E-state index is 9.47. The summed E-state index contributed by atoms with van der Waals surface area (Å²) in [7, 11) is 1.94. The van der Waals surface area contributed by atoms with E-state index in [1.807, 2.05) is 24.1 Å². The third-order valence-corrected chi connectivity index (χ3v) is 2.42. The molecule has 0 saturated heterocycles. The van der Waals surface area contributed by atoms with Gasteiger partial charge in [-0.1, -0.05) is 0 Å². The number of aliphatic hydroxyl groups is 1. The van der Waals surface area contributed by atoms with Gasteiger partial charge in [0.1, 0.15) is 5.82 Å². The van der Waals surface area contributed by atoms with Gasteiger partial charge in [0, 0.05) is 31.6 Å². The molecule has 0 aromatic carbocycles. The van der Waals surface area contributed by atoms with E-state index in [0.717, 1.165) is 11.6 Å². The van der Waals surface area contributed by atoms with Crippen LogP contribution in [0.1, 0.15) is 5.82 Å². The summed E-state index contributed by atoms with van der Waals surface area (Å²) in [6, 6.07) is 0. The van der Waals surface area contributed by atoms with Crippen LogP contribution in [0.25, 0.3) is 0 Å². The summed E-state index contributed by atoms with van der Waals surface area (Å²) >= 11 is 1.65. The van der Waals surface area contributed by atoms with Crippen molar-refractivity contribution in [3.8, 4) is 0 Å². The summed E-state index contributed by atoms with van der Waals surface area (Å²) in [5.41, 5.74) is 0. The Balaban J connectivity index is 2.46. The first-order chi connectivity index (χ1) is 5.74. The van der Waals surface area contributed by atoms with Gasteiger partial charge in [-0.15, -0.1) is 0 Å². The molecular formula is C8H14N2OS. The lowest BCUT2D eigenvalue weighted by Crippen LogP contribution is -2.15. The first-order valence-electron chi connectivity index (χ1n) is 3.87. The predicted molar refractivity (Wildman–Crippen MR) is 51.3 cm³/mol. The second kappa shape index (κ2) is 4.52. The highest BCUT2D eigenvalue weighted by atomic mass is 32.2. The van der Waals surface area contributed by atoms with Gasteiger partial charge in [0.25, 0.3) is 0 Å². The van der Waals surface area contributed by atoms with Crippen molar-refractivity contribution < 1.29 is 5.11 Å². The van der Waals surface area contributed by atoms with Gasteiger partial charge in [-0.2, -0.15) is 11.8 Å².